The second-order valence-electron chi connectivity index (χ2n) is 4.22. The zero-order valence-corrected chi connectivity index (χ0v) is 10.7. The van der Waals surface area contributed by atoms with Crippen molar-refractivity contribution in [2.24, 2.45) is 0 Å². The largest absolute Gasteiger partial charge is 0.406 e. The van der Waals surface area contributed by atoms with Gasteiger partial charge >= 0.3 is 6.18 Å². The number of alkyl halides is 3. The van der Waals surface area contributed by atoms with Crippen LogP contribution in [0.4, 0.5) is 18.9 Å². The van der Waals surface area contributed by atoms with Crippen LogP contribution in [-0.4, -0.2) is 30.1 Å². The third-order valence-corrected chi connectivity index (χ3v) is 2.77. The van der Waals surface area contributed by atoms with Gasteiger partial charge in [0.15, 0.2) is 0 Å². The number of rotatable bonds is 5. The summed E-state index contributed by atoms with van der Waals surface area (Å²) in [4.78, 5) is 12.5. The Labute approximate surface area is 110 Å². The zero-order valence-electron chi connectivity index (χ0n) is 10.7. The SMILES string of the molecule is CCN(CC(F)(F)F)C(=O)CCc1ccccc1N. The fourth-order valence-corrected chi connectivity index (χ4v) is 1.75. The van der Waals surface area contributed by atoms with E-state index in [0.717, 1.165) is 10.5 Å². The number of aryl methyl sites for hydroxylation is 1. The second kappa shape index (κ2) is 6.45. The topological polar surface area (TPSA) is 46.3 Å². The standard InChI is InChI=1S/C13H17F3N2O/c1-2-18(9-13(14,15)16)12(19)8-7-10-5-3-4-6-11(10)17/h3-6H,2,7-9,17H2,1H3. The summed E-state index contributed by atoms with van der Waals surface area (Å²) in [5.41, 5.74) is 7.04. The molecule has 1 aromatic carbocycles. The summed E-state index contributed by atoms with van der Waals surface area (Å²) in [5.74, 6) is -0.511. The van der Waals surface area contributed by atoms with Crippen molar-refractivity contribution in [3.8, 4) is 0 Å². The van der Waals surface area contributed by atoms with Gasteiger partial charge in [0.05, 0.1) is 0 Å². The minimum Gasteiger partial charge on any atom is -0.399 e. The zero-order chi connectivity index (χ0) is 14.5. The number of nitrogen functional groups attached to an aromatic ring is 1. The van der Waals surface area contributed by atoms with Gasteiger partial charge in [-0.25, -0.2) is 0 Å². The minimum absolute atomic E-state index is 0.0259. The van der Waals surface area contributed by atoms with Crippen LogP contribution in [0.15, 0.2) is 24.3 Å². The number of para-hydroxylation sites is 1. The van der Waals surface area contributed by atoms with Crippen molar-refractivity contribution in [1.82, 2.24) is 4.90 Å². The van der Waals surface area contributed by atoms with Crippen LogP contribution in [0.1, 0.15) is 18.9 Å². The van der Waals surface area contributed by atoms with Crippen molar-refractivity contribution in [2.75, 3.05) is 18.8 Å². The van der Waals surface area contributed by atoms with Crippen molar-refractivity contribution < 1.29 is 18.0 Å². The van der Waals surface area contributed by atoms with E-state index in [9.17, 15) is 18.0 Å². The van der Waals surface area contributed by atoms with E-state index in [2.05, 4.69) is 0 Å². The van der Waals surface area contributed by atoms with Gasteiger partial charge in [-0.05, 0) is 25.0 Å². The Morgan fingerprint density at radius 3 is 2.47 bits per heavy atom. The predicted octanol–water partition coefficient (Wildman–Crippen LogP) is 2.61. The maximum absolute atomic E-state index is 12.3. The molecule has 0 aliphatic carbocycles. The number of carbonyl (C=O) groups excluding carboxylic acids is 1. The minimum atomic E-state index is -4.36. The number of nitrogens with zero attached hydrogens (tertiary/aromatic N) is 1. The maximum Gasteiger partial charge on any atom is 0.406 e. The molecule has 1 amide bonds. The number of amides is 1. The van der Waals surface area contributed by atoms with Crippen molar-refractivity contribution >= 4 is 11.6 Å². The van der Waals surface area contributed by atoms with Gasteiger partial charge in [-0.1, -0.05) is 18.2 Å². The maximum atomic E-state index is 12.3. The molecule has 6 heteroatoms. The Hall–Kier alpha value is -1.72. The lowest BCUT2D eigenvalue weighted by molar-refractivity contribution is -0.160. The Bertz CT molecular complexity index is 432. The highest BCUT2D eigenvalue weighted by atomic mass is 19.4. The molecule has 1 aromatic rings. The van der Waals surface area contributed by atoms with Gasteiger partial charge in [0, 0.05) is 18.7 Å². The molecule has 0 aliphatic heterocycles. The van der Waals surface area contributed by atoms with Crippen LogP contribution in [0, 0.1) is 0 Å². The predicted molar refractivity (Wildman–Crippen MR) is 67.5 cm³/mol. The Balaban J connectivity index is 2.57. The molecule has 106 valence electrons. The van der Waals surface area contributed by atoms with Gasteiger partial charge in [-0.15, -0.1) is 0 Å². The molecule has 0 aliphatic rings. The highest BCUT2D eigenvalue weighted by molar-refractivity contribution is 5.76. The molecule has 19 heavy (non-hydrogen) atoms. The van der Waals surface area contributed by atoms with E-state index in [0.29, 0.717) is 12.1 Å². The fourth-order valence-electron chi connectivity index (χ4n) is 1.75. The first-order chi connectivity index (χ1) is 8.83. The molecule has 0 bridgehead atoms. The molecule has 0 spiro atoms. The monoisotopic (exact) mass is 274 g/mol. The first kappa shape index (κ1) is 15.3. The molecule has 0 saturated heterocycles. The Kier molecular flexibility index (Phi) is 5.20. The van der Waals surface area contributed by atoms with Crippen LogP contribution in [0.3, 0.4) is 0 Å². The molecular weight excluding hydrogens is 257 g/mol. The van der Waals surface area contributed by atoms with Crippen LogP contribution < -0.4 is 5.73 Å². The second-order valence-corrected chi connectivity index (χ2v) is 4.22. The van der Waals surface area contributed by atoms with Crippen molar-refractivity contribution in [3.05, 3.63) is 29.8 Å². The Morgan fingerprint density at radius 2 is 1.95 bits per heavy atom. The molecule has 0 unspecified atom stereocenters. The highest BCUT2D eigenvalue weighted by Gasteiger charge is 2.32. The fraction of sp³-hybridized carbons (Fsp3) is 0.462. The summed E-state index contributed by atoms with van der Waals surface area (Å²) in [6, 6.07) is 7.02. The third kappa shape index (κ3) is 5.19. The number of benzene rings is 1. The molecule has 0 aromatic heterocycles. The summed E-state index contributed by atoms with van der Waals surface area (Å²) in [7, 11) is 0. The summed E-state index contributed by atoms with van der Waals surface area (Å²) in [6.07, 6.45) is -3.99. The van der Waals surface area contributed by atoms with E-state index in [1.54, 1.807) is 24.3 Å². The third-order valence-electron chi connectivity index (χ3n) is 2.77. The Morgan fingerprint density at radius 1 is 1.32 bits per heavy atom. The van der Waals surface area contributed by atoms with Gasteiger partial charge in [-0.2, -0.15) is 13.2 Å². The lowest BCUT2D eigenvalue weighted by Gasteiger charge is -2.22. The van der Waals surface area contributed by atoms with Gasteiger partial charge in [0.2, 0.25) is 5.91 Å². The van der Waals surface area contributed by atoms with E-state index < -0.39 is 18.6 Å². The van der Waals surface area contributed by atoms with E-state index in [4.69, 9.17) is 5.73 Å². The quantitative estimate of drug-likeness (QED) is 0.839. The lowest BCUT2D eigenvalue weighted by atomic mass is 10.1. The van der Waals surface area contributed by atoms with Crippen molar-refractivity contribution in [2.45, 2.75) is 25.9 Å². The average molecular weight is 274 g/mol. The number of anilines is 1. The number of hydrogen-bond donors (Lipinski definition) is 1. The van der Waals surface area contributed by atoms with Crippen LogP contribution in [0.25, 0.3) is 0 Å². The average Bonchev–Trinajstić information content (AvgIpc) is 2.33. The number of halogens is 3. The molecule has 3 nitrogen and oxygen atoms in total. The van der Waals surface area contributed by atoms with Gasteiger partial charge in [0.25, 0.3) is 0 Å². The molecular formula is C13H17F3N2O. The smallest absolute Gasteiger partial charge is 0.399 e. The van der Waals surface area contributed by atoms with Crippen LogP contribution in [0.5, 0.6) is 0 Å². The van der Waals surface area contributed by atoms with Crippen molar-refractivity contribution in [1.29, 1.82) is 0 Å². The first-order valence-electron chi connectivity index (χ1n) is 6.01. The molecule has 0 fully saturated rings. The van der Waals surface area contributed by atoms with Gasteiger partial charge < -0.3 is 10.6 Å². The molecule has 1 rings (SSSR count). The van der Waals surface area contributed by atoms with Crippen LogP contribution in [0.2, 0.25) is 0 Å². The van der Waals surface area contributed by atoms with Gasteiger partial charge in [-0.3, -0.25) is 4.79 Å². The van der Waals surface area contributed by atoms with Crippen LogP contribution >= 0.6 is 0 Å². The van der Waals surface area contributed by atoms with Gasteiger partial charge in [0.1, 0.15) is 6.54 Å². The number of nitrogens with two attached hydrogens (primary N) is 1. The molecule has 0 radical (unpaired) electrons. The van der Waals surface area contributed by atoms with E-state index in [1.165, 1.54) is 6.92 Å². The van der Waals surface area contributed by atoms with Crippen LogP contribution in [-0.2, 0) is 11.2 Å². The molecule has 2 N–H and O–H groups in total. The summed E-state index contributed by atoms with van der Waals surface area (Å²) in [6.45, 7) is 0.371. The summed E-state index contributed by atoms with van der Waals surface area (Å²) in [5, 5.41) is 0. The molecule has 0 heterocycles. The highest BCUT2D eigenvalue weighted by Crippen LogP contribution is 2.18. The van der Waals surface area contributed by atoms with E-state index in [-0.39, 0.29) is 13.0 Å². The van der Waals surface area contributed by atoms with E-state index >= 15 is 0 Å². The lowest BCUT2D eigenvalue weighted by Crippen LogP contribution is -2.38. The molecule has 0 atom stereocenters. The van der Waals surface area contributed by atoms with E-state index in [1.807, 2.05) is 0 Å². The first-order valence-corrected chi connectivity index (χ1v) is 6.01. The summed E-state index contributed by atoms with van der Waals surface area (Å²) >= 11 is 0. The normalized spacial score (nSPS) is 11.4. The number of hydrogen-bond acceptors (Lipinski definition) is 2. The van der Waals surface area contributed by atoms with Crippen molar-refractivity contribution in [3.63, 3.8) is 0 Å². The number of carbonyl (C=O) groups is 1. The molecule has 0 saturated carbocycles. The summed E-state index contributed by atoms with van der Waals surface area (Å²) < 4.78 is 36.8.